The number of rotatable bonds is 15. The van der Waals surface area contributed by atoms with Crippen LogP contribution in [0.3, 0.4) is 0 Å². The van der Waals surface area contributed by atoms with Crippen molar-refractivity contribution in [1.29, 1.82) is 0 Å². The third-order valence-electron chi connectivity index (χ3n) is 6.24. The number of aromatic nitrogens is 1. The molecule has 0 saturated heterocycles. The van der Waals surface area contributed by atoms with Gasteiger partial charge in [0.1, 0.15) is 23.1 Å². The fraction of sp³-hybridized carbons (Fsp3) is 0.407. The molecular weight excluding hydrogens is 508 g/mol. The number of fused-ring (bicyclic) bond motifs is 2. The van der Waals surface area contributed by atoms with Gasteiger partial charge in [0.25, 0.3) is 5.91 Å². The molecule has 0 spiro atoms. The Morgan fingerprint density at radius 1 is 1.15 bits per heavy atom. The number of methoxy groups -OCH3 is 2. The first-order chi connectivity index (χ1) is 19.0. The molecule has 1 atom stereocenters. The summed E-state index contributed by atoms with van der Waals surface area (Å²) in [6, 6.07) is 7.47. The normalized spacial score (nSPS) is 13.4. The van der Waals surface area contributed by atoms with E-state index in [0.717, 1.165) is 15.8 Å². The summed E-state index contributed by atoms with van der Waals surface area (Å²) in [6.07, 6.45) is 3.70. The highest BCUT2D eigenvalue weighted by Crippen LogP contribution is 2.30. The highest BCUT2D eigenvalue weighted by Gasteiger charge is 2.32. The summed E-state index contributed by atoms with van der Waals surface area (Å²) in [4.78, 5) is 44.7. The maximum absolute atomic E-state index is 13.2. The van der Waals surface area contributed by atoms with Crippen LogP contribution < -0.4 is 10.1 Å². The Morgan fingerprint density at radius 3 is 2.69 bits per heavy atom. The number of imide groups is 1. The molecule has 0 radical (unpaired) electrons. The zero-order valence-corrected chi connectivity index (χ0v) is 22.0. The number of benzene rings is 1. The molecule has 208 valence electrons. The Balaban J connectivity index is 1.42. The van der Waals surface area contributed by atoms with Gasteiger partial charge in [0.2, 0.25) is 6.41 Å². The molecule has 3 aromatic rings. The maximum Gasteiger partial charge on any atom is 0.324 e. The predicted octanol–water partition coefficient (Wildman–Crippen LogP) is 2.38. The first kappa shape index (κ1) is 28.0. The smallest absolute Gasteiger partial charge is 0.324 e. The number of furan rings is 1. The van der Waals surface area contributed by atoms with E-state index in [2.05, 4.69) is 10.3 Å². The predicted molar refractivity (Wildman–Crippen MR) is 139 cm³/mol. The average molecular weight is 541 g/mol. The Morgan fingerprint density at radius 2 is 1.95 bits per heavy atom. The lowest BCUT2D eigenvalue weighted by Crippen LogP contribution is -2.45. The highest BCUT2D eigenvalue weighted by atomic mass is 16.5. The molecule has 4 rings (SSSR count). The van der Waals surface area contributed by atoms with Crippen LogP contribution in [0.15, 0.2) is 47.1 Å². The zero-order valence-electron chi connectivity index (χ0n) is 22.0. The monoisotopic (exact) mass is 540 g/mol. The summed E-state index contributed by atoms with van der Waals surface area (Å²) in [7, 11) is 3.13. The van der Waals surface area contributed by atoms with Crippen LogP contribution in [0.4, 0.5) is 4.79 Å². The van der Waals surface area contributed by atoms with Crippen LogP contribution in [-0.2, 0) is 25.5 Å². The lowest BCUT2D eigenvalue weighted by Gasteiger charge is -2.25. The van der Waals surface area contributed by atoms with E-state index < -0.39 is 12.1 Å². The highest BCUT2D eigenvalue weighted by molar-refractivity contribution is 5.98. The molecule has 0 fully saturated rings. The van der Waals surface area contributed by atoms with Gasteiger partial charge in [-0.2, -0.15) is 0 Å². The first-order valence-electron chi connectivity index (χ1n) is 12.5. The third-order valence-corrected chi connectivity index (χ3v) is 6.24. The summed E-state index contributed by atoms with van der Waals surface area (Å²) in [5.41, 5.74) is 2.00. The second kappa shape index (κ2) is 13.7. The Kier molecular flexibility index (Phi) is 9.84. The minimum atomic E-state index is -0.734. The van der Waals surface area contributed by atoms with Gasteiger partial charge in [-0.25, -0.2) is 4.79 Å². The van der Waals surface area contributed by atoms with E-state index in [9.17, 15) is 14.4 Å². The van der Waals surface area contributed by atoms with Gasteiger partial charge in [-0.1, -0.05) is 6.07 Å². The Labute approximate surface area is 225 Å². The summed E-state index contributed by atoms with van der Waals surface area (Å²) in [6.45, 7) is 2.31. The SMILES string of the molecule is COCCOCCOCCN(C=O)C(=O)N[C@@H](CN1Cc2ccc(OC)cc2C1=O)c1cc2cnccc2o1. The van der Waals surface area contributed by atoms with Crippen LogP contribution in [0.5, 0.6) is 5.75 Å². The number of nitrogens with zero attached hydrogens (tertiary/aromatic N) is 3. The number of amides is 4. The lowest BCUT2D eigenvalue weighted by atomic mass is 10.1. The average Bonchev–Trinajstić information content (AvgIpc) is 3.52. The second-order valence-corrected chi connectivity index (χ2v) is 8.79. The van der Waals surface area contributed by atoms with Gasteiger partial charge in [-0.15, -0.1) is 0 Å². The van der Waals surface area contributed by atoms with Crippen LogP contribution in [0, 0.1) is 0 Å². The summed E-state index contributed by atoms with van der Waals surface area (Å²) in [5.74, 6) is 0.834. The van der Waals surface area contributed by atoms with E-state index in [1.807, 2.05) is 6.07 Å². The number of pyridine rings is 1. The van der Waals surface area contributed by atoms with Crippen LogP contribution in [0.2, 0.25) is 0 Å². The quantitative estimate of drug-likeness (QED) is 0.228. The van der Waals surface area contributed by atoms with Crippen molar-refractivity contribution >= 4 is 29.3 Å². The molecule has 2 aromatic heterocycles. The van der Waals surface area contributed by atoms with Crippen molar-refractivity contribution in [3.05, 3.63) is 59.6 Å². The van der Waals surface area contributed by atoms with Crippen molar-refractivity contribution in [2.75, 3.05) is 60.3 Å². The van der Waals surface area contributed by atoms with E-state index in [4.69, 9.17) is 23.4 Å². The number of carbonyl (C=O) groups is 3. The minimum absolute atomic E-state index is 0.0397. The van der Waals surface area contributed by atoms with Crippen molar-refractivity contribution in [2.45, 2.75) is 12.6 Å². The molecule has 0 aliphatic carbocycles. The maximum atomic E-state index is 13.2. The lowest BCUT2D eigenvalue weighted by molar-refractivity contribution is -0.116. The zero-order chi connectivity index (χ0) is 27.6. The van der Waals surface area contributed by atoms with Crippen LogP contribution in [0.25, 0.3) is 11.0 Å². The van der Waals surface area contributed by atoms with Gasteiger partial charge in [0.05, 0.1) is 46.7 Å². The van der Waals surface area contributed by atoms with E-state index in [-0.39, 0.29) is 25.6 Å². The number of hydrogen-bond donors (Lipinski definition) is 1. The molecule has 12 heteroatoms. The van der Waals surface area contributed by atoms with E-state index >= 15 is 0 Å². The Bertz CT molecular complexity index is 1250. The Hall–Kier alpha value is -4.00. The number of urea groups is 1. The van der Waals surface area contributed by atoms with E-state index in [0.29, 0.717) is 62.0 Å². The molecule has 12 nitrogen and oxygen atoms in total. The summed E-state index contributed by atoms with van der Waals surface area (Å²) < 4.78 is 26.9. The van der Waals surface area contributed by atoms with Crippen molar-refractivity contribution < 1.29 is 37.7 Å². The van der Waals surface area contributed by atoms with Crippen molar-refractivity contribution in [3.63, 3.8) is 0 Å². The number of nitrogens with one attached hydrogen (secondary N) is 1. The van der Waals surface area contributed by atoms with Crippen molar-refractivity contribution in [1.82, 2.24) is 20.1 Å². The minimum Gasteiger partial charge on any atom is -0.497 e. The number of hydrogen-bond acceptors (Lipinski definition) is 9. The summed E-state index contributed by atoms with van der Waals surface area (Å²) >= 11 is 0. The van der Waals surface area contributed by atoms with Crippen molar-refractivity contribution in [2.24, 2.45) is 0 Å². The molecule has 1 aliphatic heterocycles. The molecule has 0 saturated carbocycles. The van der Waals surface area contributed by atoms with Gasteiger partial charge in [-0.3, -0.25) is 19.5 Å². The molecule has 39 heavy (non-hydrogen) atoms. The molecule has 1 N–H and O–H groups in total. The third kappa shape index (κ3) is 7.11. The van der Waals surface area contributed by atoms with E-state index in [1.165, 1.54) is 0 Å². The number of ether oxygens (including phenoxy) is 4. The van der Waals surface area contributed by atoms with Crippen LogP contribution in [0.1, 0.15) is 27.7 Å². The van der Waals surface area contributed by atoms with Gasteiger partial charge in [-0.05, 0) is 29.8 Å². The molecule has 0 bridgehead atoms. The van der Waals surface area contributed by atoms with Gasteiger partial charge >= 0.3 is 6.03 Å². The first-order valence-corrected chi connectivity index (χ1v) is 12.5. The van der Waals surface area contributed by atoms with Crippen LogP contribution >= 0.6 is 0 Å². The topological polar surface area (TPSA) is 133 Å². The number of carbonyl (C=O) groups excluding carboxylic acids is 3. The van der Waals surface area contributed by atoms with Crippen molar-refractivity contribution in [3.8, 4) is 5.75 Å². The molecule has 1 aromatic carbocycles. The van der Waals surface area contributed by atoms with Gasteiger partial charge < -0.3 is 33.6 Å². The largest absolute Gasteiger partial charge is 0.497 e. The fourth-order valence-corrected chi connectivity index (χ4v) is 4.18. The molecule has 1 aliphatic rings. The van der Waals surface area contributed by atoms with Gasteiger partial charge in [0.15, 0.2) is 0 Å². The molecular formula is C27H32N4O8. The van der Waals surface area contributed by atoms with E-state index in [1.54, 1.807) is 55.8 Å². The molecule has 3 heterocycles. The molecule has 0 unspecified atom stereocenters. The fourth-order valence-electron chi connectivity index (χ4n) is 4.18. The van der Waals surface area contributed by atoms with Crippen LogP contribution in [-0.4, -0.2) is 93.5 Å². The second-order valence-electron chi connectivity index (χ2n) is 8.79. The van der Waals surface area contributed by atoms with Gasteiger partial charge in [0, 0.05) is 43.5 Å². The standard InChI is InChI=1S/C27H32N4O8/c1-35-9-10-38-12-11-37-8-7-30(18-32)27(34)29-23(25-13-20-15-28-6-5-24(20)39-25)17-31-16-19-3-4-21(36-2)14-22(19)26(31)33/h3-6,13-15,18,23H,7-12,16-17H2,1-2H3,(H,29,34)/t23-/m0/s1. The molecule has 4 amide bonds. The summed E-state index contributed by atoms with van der Waals surface area (Å²) in [5, 5.41) is 3.60.